The van der Waals surface area contributed by atoms with Crippen LogP contribution in [-0.2, 0) is 9.62 Å². The minimum atomic E-state index is -1.30. The van der Waals surface area contributed by atoms with E-state index in [0.29, 0.717) is 0 Å². The Kier molecular flexibility index (Phi) is 3.93. The maximum absolute atomic E-state index is 9.47. The topological polar surface area (TPSA) is 112 Å². The van der Waals surface area contributed by atoms with E-state index in [1.807, 2.05) is 0 Å². The zero-order valence-electron chi connectivity index (χ0n) is 7.35. The Morgan fingerprint density at radius 1 is 1.36 bits per heavy atom. The Balaban J connectivity index is 2.76. The fourth-order valence-electron chi connectivity index (χ4n) is 1.35. The minimum absolute atomic E-state index is 0.498. The van der Waals surface area contributed by atoms with Gasteiger partial charge in [0.1, 0.15) is 24.4 Å². The first kappa shape index (κ1) is 11.5. The average molecular weight is 207 g/mol. The highest BCUT2D eigenvalue weighted by molar-refractivity contribution is 5.25. The van der Waals surface area contributed by atoms with Gasteiger partial charge in [-0.1, -0.05) is 0 Å². The first-order valence-corrected chi connectivity index (χ1v) is 4.04. The van der Waals surface area contributed by atoms with Gasteiger partial charge in [-0.3, -0.25) is 4.99 Å². The molecule has 7 heteroatoms. The molecule has 0 aliphatic carbocycles. The summed E-state index contributed by atoms with van der Waals surface area (Å²) in [5.41, 5.74) is 0. The number of aliphatic hydroxyl groups is 3. The molecule has 0 aromatic heterocycles. The van der Waals surface area contributed by atoms with Gasteiger partial charge in [0.15, 0.2) is 0 Å². The molecular formula is C7H13NO6. The van der Waals surface area contributed by atoms with E-state index in [1.54, 1.807) is 0 Å². The molecule has 1 saturated heterocycles. The first-order valence-electron chi connectivity index (χ1n) is 4.04. The molecule has 0 amide bonds. The van der Waals surface area contributed by atoms with E-state index >= 15 is 0 Å². The van der Waals surface area contributed by atoms with Crippen molar-refractivity contribution in [2.24, 2.45) is 4.99 Å². The van der Waals surface area contributed by atoms with Crippen LogP contribution >= 0.6 is 0 Å². The SMILES string of the molecule is C=N[C@@H]1C(OO)OC(CO)C(O)C1O. The number of ether oxygens (including phenoxy) is 1. The zero-order chi connectivity index (χ0) is 10.7. The van der Waals surface area contributed by atoms with Crippen LogP contribution in [0.4, 0.5) is 0 Å². The molecule has 1 rings (SSSR count). The summed E-state index contributed by atoms with van der Waals surface area (Å²) < 4.78 is 4.90. The fraction of sp³-hybridized carbons (Fsp3) is 0.857. The van der Waals surface area contributed by atoms with Crippen LogP contribution < -0.4 is 0 Å². The summed E-state index contributed by atoms with van der Waals surface area (Å²) in [6.45, 7) is 2.67. The van der Waals surface area contributed by atoms with Gasteiger partial charge in [-0.05, 0) is 6.72 Å². The molecule has 0 saturated carbocycles. The predicted molar refractivity (Wildman–Crippen MR) is 44.8 cm³/mol. The van der Waals surface area contributed by atoms with E-state index in [4.69, 9.17) is 15.1 Å². The normalized spacial score (nSPS) is 43.6. The highest BCUT2D eigenvalue weighted by Crippen LogP contribution is 2.23. The van der Waals surface area contributed by atoms with Crippen LogP contribution in [0.25, 0.3) is 0 Å². The third-order valence-electron chi connectivity index (χ3n) is 2.16. The fourth-order valence-corrected chi connectivity index (χ4v) is 1.35. The van der Waals surface area contributed by atoms with Gasteiger partial charge in [0.05, 0.1) is 6.61 Å². The third kappa shape index (κ3) is 1.92. The van der Waals surface area contributed by atoms with Crippen molar-refractivity contribution >= 4 is 6.72 Å². The summed E-state index contributed by atoms with van der Waals surface area (Å²) >= 11 is 0. The molecule has 4 N–H and O–H groups in total. The number of hydrogen-bond donors (Lipinski definition) is 4. The van der Waals surface area contributed by atoms with Crippen LogP contribution in [0.3, 0.4) is 0 Å². The van der Waals surface area contributed by atoms with E-state index in [-0.39, 0.29) is 0 Å². The van der Waals surface area contributed by atoms with Crippen LogP contribution in [0.2, 0.25) is 0 Å². The molecule has 1 aliphatic rings. The molecule has 0 bridgehead atoms. The second-order valence-electron chi connectivity index (χ2n) is 2.99. The molecule has 0 aromatic rings. The number of nitrogens with zero attached hydrogens (tertiary/aromatic N) is 1. The molecule has 1 heterocycles. The number of rotatable bonds is 3. The van der Waals surface area contributed by atoms with Gasteiger partial charge in [-0.25, -0.2) is 10.1 Å². The molecular weight excluding hydrogens is 194 g/mol. The average Bonchev–Trinajstić information content (AvgIpc) is 2.21. The molecule has 0 radical (unpaired) electrons. The van der Waals surface area contributed by atoms with Gasteiger partial charge in [0, 0.05) is 0 Å². The largest absolute Gasteiger partial charge is 0.394 e. The van der Waals surface area contributed by atoms with Crippen LogP contribution in [0.1, 0.15) is 0 Å². The molecule has 82 valence electrons. The minimum Gasteiger partial charge on any atom is -0.394 e. The molecule has 0 aromatic carbocycles. The third-order valence-corrected chi connectivity index (χ3v) is 2.16. The van der Waals surface area contributed by atoms with Crippen molar-refractivity contribution in [3.8, 4) is 0 Å². The van der Waals surface area contributed by atoms with E-state index < -0.39 is 37.3 Å². The Hall–Kier alpha value is -0.570. The van der Waals surface area contributed by atoms with Crippen LogP contribution in [0.5, 0.6) is 0 Å². The highest BCUT2D eigenvalue weighted by atomic mass is 17.1. The van der Waals surface area contributed by atoms with Crippen LogP contribution in [0.15, 0.2) is 4.99 Å². The van der Waals surface area contributed by atoms with Crippen LogP contribution in [0, 0.1) is 0 Å². The van der Waals surface area contributed by atoms with Gasteiger partial charge >= 0.3 is 0 Å². The Morgan fingerprint density at radius 3 is 2.43 bits per heavy atom. The Labute approximate surface area is 80.2 Å². The second kappa shape index (κ2) is 4.78. The summed E-state index contributed by atoms with van der Waals surface area (Å²) in [5, 5.41) is 36.1. The van der Waals surface area contributed by atoms with E-state index in [0.717, 1.165) is 0 Å². The summed E-state index contributed by atoms with van der Waals surface area (Å²) in [5.74, 6) is 0. The van der Waals surface area contributed by atoms with Crippen molar-refractivity contribution < 1.29 is 30.2 Å². The second-order valence-corrected chi connectivity index (χ2v) is 2.99. The first-order chi connectivity index (χ1) is 6.65. The molecule has 14 heavy (non-hydrogen) atoms. The van der Waals surface area contributed by atoms with Gasteiger partial charge in [-0.2, -0.15) is 0 Å². The summed E-state index contributed by atoms with van der Waals surface area (Å²) in [6, 6.07) is -0.988. The maximum atomic E-state index is 9.47. The lowest BCUT2D eigenvalue weighted by atomic mass is 9.98. The number of aliphatic imine (C=N–C) groups is 1. The number of hydrogen-bond acceptors (Lipinski definition) is 7. The molecule has 4 unspecified atom stereocenters. The van der Waals surface area contributed by atoms with Gasteiger partial charge in [0.2, 0.25) is 6.29 Å². The van der Waals surface area contributed by atoms with Crippen molar-refractivity contribution in [2.45, 2.75) is 30.6 Å². The molecule has 5 atom stereocenters. The monoisotopic (exact) mass is 207 g/mol. The smallest absolute Gasteiger partial charge is 0.216 e. The quantitative estimate of drug-likeness (QED) is 0.241. The zero-order valence-corrected chi connectivity index (χ0v) is 7.35. The summed E-state index contributed by atoms with van der Waals surface area (Å²) in [7, 11) is 0. The van der Waals surface area contributed by atoms with Gasteiger partial charge in [-0.15, -0.1) is 0 Å². The van der Waals surface area contributed by atoms with Gasteiger partial charge < -0.3 is 20.1 Å². The van der Waals surface area contributed by atoms with Gasteiger partial charge in [0.25, 0.3) is 0 Å². The Bertz CT molecular complexity index is 199. The lowest BCUT2D eigenvalue weighted by molar-refractivity contribution is -0.385. The summed E-state index contributed by atoms with van der Waals surface area (Å²) in [4.78, 5) is 7.36. The summed E-state index contributed by atoms with van der Waals surface area (Å²) in [6.07, 6.45) is -4.83. The molecule has 1 aliphatic heterocycles. The van der Waals surface area contributed by atoms with E-state index in [9.17, 15) is 10.2 Å². The molecule has 1 fully saturated rings. The standard InChI is InChI=1S/C7H13NO6/c1-8-4-6(11)5(10)3(2-9)13-7(4)14-12/h3-7,9-12H,1-2H2/t3?,4-,5?,6?,7?/m0/s1. The van der Waals surface area contributed by atoms with E-state index in [1.165, 1.54) is 0 Å². The van der Waals surface area contributed by atoms with Crippen molar-refractivity contribution in [1.82, 2.24) is 0 Å². The van der Waals surface area contributed by atoms with Crippen molar-refractivity contribution in [2.75, 3.05) is 6.61 Å². The highest BCUT2D eigenvalue weighted by Gasteiger charge is 2.44. The number of aliphatic hydroxyl groups excluding tert-OH is 3. The predicted octanol–water partition coefficient (Wildman–Crippen LogP) is -2.02. The molecule has 0 spiro atoms. The van der Waals surface area contributed by atoms with Crippen molar-refractivity contribution in [3.63, 3.8) is 0 Å². The molecule has 7 nitrogen and oxygen atoms in total. The van der Waals surface area contributed by atoms with E-state index in [2.05, 4.69) is 16.6 Å². The van der Waals surface area contributed by atoms with Crippen LogP contribution in [-0.4, -0.2) is 64.5 Å². The lowest BCUT2D eigenvalue weighted by Crippen LogP contribution is -2.58. The van der Waals surface area contributed by atoms with Crippen molar-refractivity contribution in [3.05, 3.63) is 0 Å². The maximum Gasteiger partial charge on any atom is 0.216 e. The lowest BCUT2D eigenvalue weighted by Gasteiger charge is -2.38. The Morgan fingerprint density at radius 2 is 2.00 bits per heavy atom. The van der Waals surface area contributed by atoms with Crippen molar-refractivity contribution in [1.29, 1.82) is 0 Å².